The van der Waals surface area contributed by atoms with Crippen molar-refractivity contribution in [3.8, 4) is 0 Å². The van der Waals surface area contributed by atoms with E-state index in [2.05, 4.69) is 24.9 Å². The standard InChI is InChI=1S/C19H22N4O3/c1-26-18(25)15-7-5-14(6-8-15)12-22-17(24)16-4-2-11-23(13-16)19-20-9-3-10-21-19/h3,5-10,16H,2,4,11-13H2,1H3,(H,22,24). The summed E-state index contributed by atoms with van der Waals surface area (Å²) in [5.41, 5.74) is 1.43. The molecule has 3 rings (SSSR count). The predicted octanol–water partition coefficient (Wildman–Crippen LogP) is 1.80. The number of nitrogens with zero attached hydrogens (tertiary/aromatic N) is 3. The van der Waals surface area contributed by atoms with E-state index in [-0.39, 0.29) is 17.8 Å². The number of amides is 1. The quantitative estimate of drug-likeness (QED) is 0.824. The summed E-state index contributed by atoms with van der Waals surface area (Å²) in [5, 5.41) is 2.98. The third-order valence-corrected chi connectivity index (χ3v) is 4.47. The number of hydrogen-bond acceptors (Lipinski definition) is 6. The van der Waals surface area contributed by atoms with Gasteiger partial charge in [-0.1, -0.05) is 12.1 Å². The number of benzene rings is 1. The molecule has 0 saturated carbocycles. The normalized spacial score (nSPS) is 16.8. The van der Waals surface area contributed by atoms with Crippen molar-refractivity contribution in [2.45, 2.75) is 19.4 Å². The minimum absolute atomic E-state index is 0.0303. The Labute approximate surface area is 152 Å². The number of nitrogens with one attached hydrogen (secondary N) is 1. The first-order chi connectivity index (χ1) is 12.7. The SMILES string of the molecule is COC(=O)c1ccc(CNC(=O)C2CCCN(c3ncccn3)C2)cc1. The maximum atomic E-state index is 12.5. The molecule has 136 valence electrons. The maximum Gasteiger partial charge on any atom is 0.337 e. The van der Waals surface area contributed by atoms with Gasteiger partial charge in [-0.25, -0.2) is 14.8 Å². The second kappa shape index (κ2) is 8.42. The summed E-state index contributed by atoms with van der Waals surface area (Å²) in [6.45, 7) is 1.92. The number of methoxy groups -OCH3 is 1. The summed E-state index contributed by atoms with van der Waals surface area (Å²) in [4.78, 5) is 34.5. The first kappa shape index (κ1) is 17.8. The molecule has 2 aromatic rings. The molecule has 1 fully saturated rings. The van der Waals surface area contributed by atoms with Gasteiger partial charge in [0.25, 0.3) is 0 Å². The fourth-order valence-corrected chi connectivity index (χ4v) is 3.04. The van der Waals surface area contributed by atoms with Crippen LogP contribution < -0.4 is 10.2 Å². The number of hydrogen-bond donors (Lipinski definition) is 1. The number of carbonyl (C=O) groups is 2. The molecule has 1 N–H and O–H groups in total. The second-order valence-corrected chi connectivity index (χ2v) is 6.24. The van der Waals surface area contributed by atoms with Gasteiger partial charge in [0, 0.05) is 32.0 Å². The van der Waals surface area contributed by atoms with Gasteiger partial charge in [-0.3, -0.25) is 4.79 Å². The van der Waals surface area contributed by atoms with E-state index in [1.165, 1.54) is 7.11 Å². The zero-order valence-electron chi connectivity index (χ0n) is 14.7. The lowest BCUT2D eigenvalue weighted by molar-refractivity contribution is -0.125. The molecular formula is C19H22N4O3. The van der Waals surface area contributed by atoms with Crippen LogP contribution in [0, 0.1) is 5.92 Å². The summed E-state index contributed by atoms with van der Waals surface area (Å²) >= 11 is 0. The number of rotatable bonds is 5. The average molecular weight is 354 g/mol. The molecule has 1 aromatic carbocycles. The van der Waals surface area contributed by atoms with Gasteiger partial charge >= 0.3 is 5.97 Å². The molecule has 0 radical (unpaired) electrons. The Balaban J connectivity index is 1.54. The molecule has 2 heterocycles. The zero-order chi connectivity index (χ0) is 18.4. The zero-order valence-corrected chi connectivity index (χ0v) is 14.7. The number of carbonyl (C=O) groups excluding carboxylic acids is 2. The van der Waals surface area contributed by atoms with Gasteiger partial charge in [0.15, 0.2) is 0 Å². The van der Waals surface area contributed by atoms with Crippen LogP contribution in [0.1, 0.15) is 28.8 Å². The lowest BCUT2D eigenvalue weighted by Crippen LogP contribution is -2.43. The molecule has 1 aromatic heterocycles. The van der Waals surface area contributed by atoms with E-state index in [9.17, 15) is 9.59 Å². The smallest absolute Gasteiger partial charge is 0.337 e. The molecule has 1 saturated heterocycles. The molecule has 0 aliphatic carbocycles. The van der Waals surface area contributed by atoms with Crippen LogP contribution in [0.5, 0.6) is 0 Å². The molecule has 7 heteroatoms. The molecule has 1 atom stereocenters. The molecule has 1 aliphatic heterocycles. The van der Waals surface area contributed by atoms with Gasteiger partial charge in [0.05, 0.1) is 18.6 Å². The van der Waals surface area contributed by atoms with Crippen LogP contribution in [-0.4, -0.2) is 42.0 Å². The molecule has 1 amide bonds. The summed E-state index contributed by atoms with van der Waals surface area (Å²) in [6, 6.07) is 8.81. The number of anilines is 1. The Morgan fingerprint density at radius 3 is 2.65 bits per heavy atom. The van der Waals surface area contributed by atoms with Gasteiger partial charge < -0.3 is 15.0 Å². The van der Waals surface area contributed by atoms with E-state index in [0.717, 1.165) is 24.9 Å². The van der Waals surface area contributed by atoms with E-state index in [4.69, 9.17) is 0 Å². The summed E-state index contributed by atoms with van der Waals surface area (Å²) in [5.74, 6) is 0.249. The molecule has 7 nitrogen and oxygen atoms in total. The van der Waals surface area contributed by atoms with Gasteiger partial charge in [-0.2, -0.15) is 0 Å². The van der Waals surface area contributed by atoms with Crippen molar-refractivity contribution in [2.75, 3.05) is 25.1 Å². The van der Waals surface area contributed by atoms with Crippen molar-refractivity contribution in [3.63, 3.8) is 0 Å². The number of ether oxygens (including phenoxy) is 1. The van der Waals surface area contributed by atoms with Crippen molar-refractivity contribution < 1.29 is 14.3 Å². The van der Waals surface area contributed by atoms with Crippen molar-refractivity contribution >= 4 is 17.8 Å². The first-order valence-corrected chi connectivity index (χ1v) is 8.64. The molecule has 1 aliphatic rings. The monoisotopic (exact) mass is 354 g/mol. The van der Waals surface area contributed by atoms with E-state index in [0.29, 0.717) is 24.6 Å². The fraction of sp³-hybridized carbons (Fsp3) is 0.368. The van der Waals surface area contributed by atoms with Crippen LogP contribution in [0.3, 0.4) is 0 Å². The molecular weight excluding hydrogens is 332 g/mol. The Kier molecular flexibility index (Phi) is 5.78. The van der Waals surface area contributed by atoms with Gasteiger partial charge in [-0.15, -0.1) is 0 Å². The Hall–Kier alpha value is -2.96. The van der Waals surface area contributed by atoms with Crippen molar-refractivity contribution in [1.29, 1.82) is 0 Å². The predicted molar refractivity (Wildman–Crippen MR) is 96.6 cm³/mol. The highest BCUT2D eigenvalue weighted by molar-refractivity contribution is 5.89. The van der Waals surface area contributed by atoms with Gasteiger partial charge in [0.2, 0.25) is 11.9 Å². The highest BCUT2D eigenvalue weighted by Gasteiger charge is 2.26. The molecule has 0 bridgehead atoms. The topological polar surface area (TPSA) is 84.4 Å². The van der Waals surface area contributed by atoms with E-state index >= 15 is 0 Å². The maximum absolute atomic E-state index is 12.5. The molecule has 0 spiro atoms. The summed E-state index contributed by atoms with van der Waals surface area (Å²) in [6.07, 6.45) is 5.22. The van der Waals surface area contributed by atoms with Crippen LogP contribution in [0.15, 0.2) is 42.7 Å². The third kappa shape index (κ3) is 4.36. The van der Waals surface area contributed by atoms with E-state index < -0.39 is 0 Å². The highest BCUT2D eigenvalue weighted by atomic mass is 16.5. The minimum atomic E-state index is -0.369. The Bertz CT molecular complexity index is 749. The first-order valence-electron chi connectivity index (χ1n) is 8.64. The second-order valence-electron chi connectivity index (χ2n) is 6.24. The number of aromatic nitrogens is 2. The number of esters is 1. The van der Waals surface area contributed by atoms with Crippen molar-refractivity contribution in [1.82, 2.24) is 15.3 Å². The highest BCUT2D eigenvalue weighted by Crippen LogP contribution is 2.20. The van der Waals surface area contributed by atoms with Crippen LogP contribution in [0.4, 0.5) is 5.95 Å². The lowest BCUT2D eigenvalue weighted by atomic mass is 9.97. The van der Waals surface area contributed by atoms with Gasteiger partial charge in [0.1, 0.15) is 0 Å². The minimum Gasteiger partial charge on any atom is -0.465 e. The van der Waals surface area contributed by atoms with Gasteiger partial charge in [-0.05, 0) is 36.6 Å². The van der Waals surface area contributed by atoms with Crippen LogP contribution in [0.2, 0.25) is 0 Å². The lowest BCUT2D eigenvalue weighted by Gasteiger charge is -2.31. The van der Waals surface area contributed by atoms with Crippen LogP contribution >= 0.6 is 0 Å². The van der Waals surface area contributed by atoms with Crippen molar-refractivity contribution in [3.05, 3.63) is 53.9 Å². The largest absolute Gasteiger partial charge is 0.465 e. The van der Waals surface area contributed by atoms with Crippen LogP contribution in [-0.2, 0) is 16.1 Å². The van der Waals surface area contributed by atoms with Crippen molar-refractivity contribution in [2.24, 2.45) is 5.92 Å². The summed E-state index contributed by atoms with van der Waals surface area (Å²) in [7, 11) is 1.35. The van der Waals surface area contributed by atoms with Crippen LogP contribution in [0.25, 0.3) is 0 Å². The average Bonchev–Trinajstić information content (AvgIpc) is 2.72. The van der Waals surface area contributed by atoms with E-state index in [1.54, 1.807) is 30.6 Å². The van der Waals surface area contributed by atoms with E-state index in [1.807, 2.05) is 12.1 Å². The summed E-state index contributed by atoms with van der Waals surface area (Å²) < 4.78 is 4.68. The molecule has 26 heavy (non-hydrogen) atoms. The Morgan fingerprint density at radius 1 is 1.23 bits per heavy atom. The Morgan fingerprint density at radius 2 is 1.96 bits per heavy atom. The fourth-order valence-electron chi connectivity index (χ4n) is 3.04. The third-order valence-electron chi connectivity index (χ3n) is 4.47. The molecule has 1 unspecified atom stereocenters. The number of piperidine rings is 1.